The number of fused-ring (bicyclic) bond motifs is 2. The molecule has 8 nitrogen and oxygen atoms in total. The average Bonchev–Trinajstić information content (AvgIpc) is 3.74. The van der Waals surface area contributed by atoms with E-state index in [1.54, 1.807) is 29.9 Å². The topological polar surface area (TPSA) is 112 Å². The summed E-state index contributed by atoms with van der Waals surface area (Å²) in [5.41, 5.74) is 7.89. The number of anilines is 1. The molecule has 1 aliphatic carbocycles. The van der Waals surface area contributed by atoms with Crippen molar-refractivity contribution in [1.82, 2.24) is 30.1 Å². The van der Waals surface area contributed by atoms with Crippen molar-refractivity contribution >= 4 is 44.7 Å². The molecule has 6 aromatic rings. The molecule has 9 heteroatoms. The summed E-state index contributed by atoms with van der Waals surface area (Å²) < 4.78 is 0. The Balaban J connectivity index is 1.25. The van der Waals surface area contributed by atoms with E-state index in [9.17, 15) is 4.79 Å². The van der Waals surface area contributed by atoms with Gasteiger partial charge in [-0.15, -0.1) is 0 Å². The molecule has 1 saturated carbocycles. The number of nitrogens with one attached hydrogen (secondary N) is 3. The van der Waals surface area contributed by atoms with Crippen LogP contribution in [-0.4, -0.2) is 36.0 Å². The molecule has 6 aromatic heterocycles. The first kappa shape index (κ1) is 21.9. The van der Waals surface area contributed by atoms with Gasteiger partial charge >= 0.3 is 0 Å². The van der Waals surface area contributed by atoms with Crippen LogP contribution in [0.2, 0.25) is 0 Å². The predicted octanol–water partition coefficient (Wildman–Crippen LogP) is 6.42. The Morgan fingerprint density at radius 3 is 2.70 bits per heavy atom. The molecule has 0 bridgehead atoms. The van der Waals surface area contributed by atoms with E-state index in [1.165, 1.54) is 0 Å². The lowest BCUT2D eigenvalue weighted by atomic mass is 10.1. The quantitative estimate of drug-likeness (QED) is 0.250. The Kier molecular flexibility index (Phi) is 5.28. The molecule has 0 spiro atoms. The molecule has 182 valence electrons. The Morgan fingerprint density at radius 2 is 1.84 bits per heavy atom. The van der Waals surface area contributed by atoms with Gasteiger partial charge < -0.3 is 10.3 Å². The Hall–Kier alpha value is -4.37. The van der Waals surface area contributed by atoms with Gasteiger partial charge in [0.25, 0.3) is 0 Å². The van der Waals surface area contributed by atoms with Gasteiger partial charge in [-0.1, -0.05) is 12.8 Å². The van der Waals surface area contributed by atoms with Crippen LogP contribution in [0.15, 0.2) is 65.9 Å². The van der Waals surface area contributed by atoms with Crippen LogP contribution >= 0.6 is 11.3 Å². The largest absolute Gasteiger partial charge is 0.353 e. The van der Waals surface area contributed by atoms with Gasteiger partial charge in [0.05, 0.1) is 40.7 Å². The van der Waals surface area contributed by atoms with Crippen LogP contribution in [0, 0.1) is 5.92 Å². The normalized spacial score (nSPS) is 14.1. The van der Waals surface area contributed by atoms with Crippen LogP contribution in [0.1, 0.15) is 25.7 Å². The van der Waals surface area contributed by atoms with Crippen molar-refractivity contribution < 1.29 is 4.79 Å². The molecule has 37 heavy (non-hydrogen) atoms. The van der Waals surface area contributed by atoms with E-state index in [0.717, 1.165) is 81.4 Å². The first-order valence-electron chi connectivity index (χ1n) is 12.3. The molecule has 1 aliphatic rings. The van der Waals surface area contributed by atoms with E-state index in [1.807, 2.05) is 24.4 Å². The zero-order valence-electron chi connectivity index (χ0n) is 19.9. The lowest BCUT2D eigenvalue weighted by molar-refractivity contribution is -0.119. The number of rotatable bonds is 5. The van der Waals surface area contributed by atoms with Gasteiger partial charge in [-0.3, -0.25) is 24.8 Å². The minimum Gasteiger partial charge on any atom is -0.353 e. The highest BCUT2D eigenvalue weighted by Gasteiger charge is 2.23. The maximum Gasteiger partial charge on any atom is 0.227 e. The minimum atomic E-state index is 0.0760. The lowest BCUT2D eigenvalue weighted by Crippen LogP contribution is -2.20. The second kappa shape index (κ2) is 8.94. The lowest BCUT2D eigenvalue weighted by Gasteiger charge is -2.11. The monoisotopic (exact) mass is 505 g/mol. The van der Waals surface area contributed by atoms with Crippen molar-refractivity contribution in [2.24, 2.45) is 5.92 Å². The number of thiophene rings is 1. The van der Waals surface area contributed by atoms with Crippen LogP contribution in [-0.2, 0) is 4.79 Å². The van der Waals surface area contributed by atoms with Crippen LogP contribution < -0.4 is 5.32 Å². The van der Waals surface area contributed by atoms with E-state index < -0.39 is 0 Å². The van der Waals surface area contributed by atoms with E-state index in [0.29, 0.717) is 5.69 Å². The first-order chi connectivity index (χ1) is 18.2. The fraction of sp³-hybridized carbons (Fsp3) is 0.179. The van der Waals surface area contributed by atoms with Gasteiger partial charge in [-0.05, 0) is 48.6 Å². The van der Waals surface area contributed by atoms with Crippen molar-refractivity contribution in [1.29, 1.82) is 0 Å². The molecule has 0 atom stereocenters. The smallest absolute Gasteiger partial charge is 0.227 e. The zero-order valence-corrected chi connectivity index (χ0v) is 20.7. The number of nitrogens with zero attached hydrogens (tertiary/aromatic N) is 4. The highest BCUT2D eigenvalue weighted by atomic mass is 32.1. The van der Waals surface area contributed by atoms with E-state index >= 15 is 0 Å². The van der Waals surface area contributed by atoms with Crippen molar-refractivity contribution in [3.05, 3.63) is 65.9 Å². The fourth-order valence-corrected chi connectivity index (χ4v) is 5.81. The molecule has 3 N–H and O–H groups in total. The van der Waals surface area contributed by atoms with Gasteiger partial charge in [-0.2, -0.15) is 16.4 Å². The second-order valence-corrected chi connectivity index (χ2v) is 10.2. The molecule has 0 unspecified atom stereocenters. The number of aromatic amines is 2. The summed E-state index contributed by atoms with van der Waals surface area (Å²) in [6.45, 7) is 0. The third kappa shape index (κ3) is 3.97. The number of amides is 1. The van der Waals surface area contributed by atoms with Crippen molar-refractivity contribution in [3.8, 4) is 33.9 Å². The van der Waals surface area contributed by atoms with Gasteiger partial charge in [0.2, 0.25) is 5.91 Å². The first-order valence-corrected chi connectivity index (χ1v) is 13.3. The molecule has 0 aromatic carbocycles. The molecule has 1 fully saturated rings. The third-order valence-corrected chi connectivity index (χ3v) is 7.76. The number of carbonyl (C=O) groups is 1. The van der Waals surface area contributed by atoms with Crippen molar-refractivity contribution in [2.75, 3.05) is 5.32 Å². The summed E-state index contributed by atoms with van der Waals surface area (Å²) >= 11 is 1.66. The molecule has 1 amide bonds. The standard InChI is InChI=1S/C28H23N7OS/c36-28(16-3-1-2-4-16)32-19-9-18(12-29-13-19)23-10-21-25(14-31-23)34-35-27(21)24-11-20-22(33-24)5-7-30-26(20)17-6-8-37-15-17/h5-16,33H,1-4H2,(H,32,36)(H,34,35). The number of H-pyrrole nitrogens is 2. The fourth-order valence-electron chi connectivity index (χ4n) is 5.17. The molecule has 6 heterocycles. The molecule has 0 aliphatic heterocycles. The summed E-state index contributed by atoms with van der Waals surface area (Å²) in [5.74, 6) is 0.172. The second-order valence-electron chi connectivity index (χ2n) is 9.44. The number of carbonyl (C=O) groups excluding carboxylic acids is 1. The number of hydrogen-bond acceptors (Lipinski definition) is 6. The van der Waals surface area contributed by atoms with Crippen LogP contribution in [0.5, 0.6) is 0 Å². The number of hydrogen-bond donors (Lipinski definition) is 3. The van der Waals surface area contributed by atoms with Crippen LogP contribution in [0.4, 0.5) is 5.69 Å². The Bertz CT molecular complexity index is 1750. The minimum absolute atomic E-state index is 0.0760. The number of pyridine rings is 3. The molecule has 0 saturated heterocycles. The summed E-state index contributed by atoms with van der Waals surface area (Å²) in [6, 6.07) is 10.1. The highest BCUT2D eigenvalue weighted by molar-refractivity contribution is 7.08. The third-order valence-electron chi connectivity index (χ3n) is 7.07. The van der Waals surface area contributed by atoms with Gasteiger partial charge in [-0.25, -0.2) is 0 Å². The van der Waals surface area contributed by atoms with Crippen LogP contribution in [0.3, 0.4) is 0 Å². The summed E-state index contributed by atoms with van der Waals surface area (Å²) in [4.78, 5) is 29.7. The molecular weight excluding hydrogens is 482 g/mol. The van der Waals surface area contributed by atoms with Crippen molar-refractivity contribution in [2.45, 2.75) is 25.7 Å². The maximum atomic E-state index is 12.6. The SMILES string of the molecule is O=C(Nc1cncc(-c2cc3c(-c4cc5c(-c6ccsc6)nccc5[nH]4)n[nH]c3cn2)c1)C1CCCC1. The van der Waals surface area contributed by atoms with Crippen molar-refractivity contribution in [3.63, 3.8) is 0 Å². The zero-order chi connectivity index (χ0) is 24.8. The van der Waals surface area contributed by atoms with E-state index in [-0.39, 0.29) is 11.8 Å². The summed E-state index contributed by atoms with van der Waals surface area (Å²) in [5, 5.41) is 16.9. The maximum absolute atomic E-state index is 12.6. The highest BCUT2D eigenvalue weighted by Crippen LogP contribution is 2.34. The van der Waals surface area contributed by atoms with Crippen LogP contribution in [0.25, 0.3) is 55.7 Å². The molecule has 7 rings (SSSR count). The number of aromatic nitrogens is 6. The van der Waals surface area contributed by atoms with Gasteiger partial charge in [0.15, 0.2) is 0 Å². The molecule has 0 radical (unpaired) electrons. The predicted molar refractivity (Wildman–Crippen MR) is 146 cm³/mol. The average molecular weight is 506 g/mol. The summed E-state index contributed by atoms with van der Waals surface area (Å²) in [7, 11) is 0. The van der Waals surface area contributed by atoms with Gasteiger partial charge in [0.1, 0.15) is 5.69 Å². The Morgan fingerprint density at radius 1 is 0.946 bits per heavy atom. The Labute approximate surface area is 216 Å². The van der Waals surface area contributed by atoms with E-state index in [2.05, 4.69) is 58.3 Å². The summed E-state index contributed by atoms with van der Waals surface area (Å²) in [6.07, 6.45) is 11.2. The van der Waals surface area contributed by atoms with Gasteiger partial charge in [0, 0.05) is 51.1 Å². The van der Waals surface area contributed by atoms with E-state index in [4.69, 9.17) is 0 Å². The molecular formula is C28H23N7OS.